The van der Waals surface area contributed by atoms with Gasteiger partial charge in [0.15, 0.2) is 0 Å². The van der Waals surface area contributed by atoms with Gasteiger partial charge in [0.2, 0.25) is 15.9 Å². The fraction of sp³-hybridized carbons (Fsp3) is 0.533. The molecular weight excluding hydrogens is 340 g/mol. The van der Waals surface area contributed by atoms with Crippen molar-refractivity contribution in [2.75, 3.05) is 24.2 Å². The summed E-state index contributed by atoms with van der Waals surface area (Å²) in [5.41, 5.74) is 0.311. The first kappa shape index (κ1) is 19.6. The third-order valence-corrected chi connectivity index (χ3v) is 4.94. The van der Waals surface area contributed by atoms with Crippen LogP contribution >= 0.6 is 11.6 Å². The Labute approximate surface area is 142 Å². The number of hydrogen-bond acceptors (Lipinski definition) is 4. The predicted octanol–water partition coefficient (Wildman–Crippen LogP) is 2.28. The molecule has 0 saturated carbocycles. The van der Waals surface area contributed by atoms with E-state index in [9.17, 15) is 13.2 Å². The number of carbonyl (C=O) groups excluding carboxylic acids is 1. The number of hydrogen-bond donors (Lipinski definition) is 1. The van der Waals surface area contributed by atoms with Gasteiger partial charge < -0.3 is 10.1 Å². The third-order valence-electron chi connectivity index (χ3n) is 3.50. The highest BCUT2D eigenvalue weighted by Crippen LogP contribution is 2.30. The molecular formula is C15H23ClN2O4S. The monoisotopic (exact) mass is 362 g/mol. The van der Waals surface area contributed by atoms with Crippen molar-refractivity contribution in [2.45, 2.75) is 26.8 Å². The molecule has 130 valence electrons. The number of nitrogens with zero attached hydrogens (tertiary/aromatic N) is 1. The number of ether oxygens (including phenoxy) is 1. The Morgan fingerprint density at radius 1 is 1.35 bits per heavy atom. The van der Waals surface area contributed by atoms with Crippen LogP contribution in [0.2, 0.25) is 5.02 Å². The van der Waals surface area contributed by atoms with Crippen molar-refractivity contribution in [1.82, 2.24) is 5.32 Å². The minimum atomic E-state index is -3.63. The molecule has 1 rings (SSSR count). The Morgan fingerprint density at radius 3 is 2.39 bits per heavy atom. The number of amides is 1. The highest BCUT2D eigenvalue weighted by atomic mass is 35.5. The SMILES string of the molecule is COc1ccc(N(CC(=O)N[C@@H](C)C(C)C)S(C)(=O)=O)cc1Cl. The molecule has 0 aliphatic rings. The second-order valence-corrected chi connectivity index (χ2v) is 8.00. The molecule has 0 aliphatic heterocycles. The van der Waals surface area contributed by atoms with Gasteiger partial charge in [-0.2, -0.15) is 0 Å². The maximum Gasteiger partial charge on any atom is 0.240 e. The average molecular weight is 363 g/mol. The molecule has 23 heavy (non-hydrogen) atoms. The Kier molecular flexibility index (Phi) is 6.70. The summed E-state index contributed by atoms with van der Waals surface area (Å²) in [4.78, 5) is 12.1. The minimum Gasteiger partial charge on any atom is -0.495 e. The van der Waals surface area contributed by atoms with E-state index < -0.39 is 10.0 Å². The number of carbonyl (C=O) groups is 1. The Morgan fingerprint density at radius 2 is 1.96 bits per heavy atom. The number of nitrogens with one attached hydrogen (secondary N) is 1. The molecule has 1 amide bonds. The molecule has 0 aromatic heterocycles. The van der Waals surface area contributed by atoms with Crippen LogP contribution < -0.4 is 14.4 Å². The third kappa shape index (κ3) is 5.58. The fourth-order valence-electron chi connectivity index (χ4n) is 1.81. The lowest BCUT2D eigenvalue weighted by atomic mass is 10.1. The molecule has 0 heterocycles. The largest absolute Gasteiger partial charge is 0.495 e. The molecule has 0 unspecified atom stereocenters. The highest BCUT2D eigenvalue weighted by molar-refractivity contribution is 7.92. The maximum absolute atomic E-state index is 12.1. The zero-order chi connectivity index (χ0) is 17.8. The summed E-state index contributed by atoms with van der Waals surface area (Å²) < 4.78 is 30.1. The summed E-state index contributed by atoms with van der Waals surface area (Å²) in [7, 11) is -2.16. The molecule has 0 spiro atoms. The van der Waals surface area contributed by atoms with E-state index >= 15 is 0 Å². The summed E-state index contributed by atoms with van der Waals surface area (Å²) in [6, 6.07) is 4.51. The van der Waals surface area contributed by atoms with Crippen LogP contribution in [0, 0.1) is 5.92 Å². The van der Waals surface area contributed by atoms with Gasteiger partial charge >= 0.3 is 0 Å². The van der Waals surface area contributed by atoms with Crippen LogP contribution in [-0.2, 0) is 14.8 Å². The van der Waals surface area contributed by atoms with Crippen LogP contribution in [0.3, 0.4) is 0 Å². The second kappa shape index (κ2) is 7.88. The van der Waals surface area contributed by atoms with Gasteiger partial charge in [0.1, 0.15) is 12.3 Å². The lowest BCUT2D eigenvalue weighted by molar-refractivity contribution is -0.120. The number of rotatable bonds is 7. The quantitative estimate of drug-likeness (QED) is 0.807. The van der Waals surface area contributed by atoms with Gasteiger partial charge in [-0.1, -0.05) is 25.4 Å². The Hall–Kier alpha value is -1.47. The van der Waals surface area contributed by atoms with Gasteiger partial charge in [0.25, 0.3) is 0 Å². The van der Waals surface area contributed by atoms with E-state index in [0.717, 1.165) is 10.6 Å². The average Bonchev–Trinajstić information content (AvgIpc) is 2.43. The van der Waals surface area contributed by atoms with E-state index in [2.05, 4.69) is 5.32 Å². The van der Waals surface area contributed by atoms with E-state index in [1.807, 2.05) is 20.8 Å². The maximum atomic E-state index is 12.1. The van der Waals surface area contributed by atoms with Gasteiger partial charge in [-0.05, 0) is 31.0 Å². The first-order valence-electron chi connectivity index (χ1n) is 7.17. The molecule has 0 fully saturated rings. The van der Waals surface area contributed by atoms with Crippen molar-refractivity contribution in [3.05, 3.63) is 23.2 Å². The van der Waals surface area contributed by atoms with Crippen LogP contribution in [0.25, 0.3) is 0 Å². The Balaban J connectivity index is 3.03. The van der Waals surface area contributed by atoms with Crippen LogP contribution in [0.15, 0.2) is 18.2 Å². The van der Waals surface area contributed by atoms with Gasteiger partial charge in [0, 0.05) is 6.04 Å². The fourth-order valence-corrected chi connectivity index (χ4v) is 2.91. The summed E-state index contributed by atoms with van der Waals surface area (Å²) >= 11 is 6.04. The first-order chi connectivity index (χ1) is 10.6. The van der Waals surface area contributed by atoms with E-state index in [0.29, 0.717) is 11.4 Å². The second-order valence-electron chi connectivity index (χ2n) is 5.69. The summed E-state index contributed by atoms with van der Waals surface area (Å²) in [6.07, 6.45) is 1.05. The zero-order valence-electron chi connectivity index (χ0n) is 14.0. The summed E-state index contributed by atoms with van der Waals surface area (Å²) in [5.74, 6) is 0.311. The normalized spacial score (nSPS) is 12.8. The van der Waals surface area contributed by atoms with Gasteiger partial charge in [-0.3, -0.25) is 9.10 Å². The molecule has 0 saturated heterocycles. The molecule has 1 aromatic rings. The van der Waals surface area contributed by atoms with E-state index in [1.165, 1.54) is 13.2 Å². The zero-order valence-corrected chi connectivity index (χ0v) is 15.5. The molecule has 0 aliphatic carbocycles. The number of anilines is 1. The molecule has 6 nitrogen and oxygen atoms in total. The van der Waals surface area contributed by atoms with E-state index in [4.69, 9.17) is 16.3 Å². The number of halogens is 1. The summed E-state index contributed by atoms with van der Waals surface area (Å²) in [5, 5.41) is 3.06. The molecule has 8 heteroatoms. The van der Waals surface area contributed by atoms with Crippen molar-refractivity contribution in [3.63, 3.8) is 0 Å². The predicted molar refractivity (Wildman–Crippen MR) is 92.6 cm³/mol. The van der Waals surface area contributed by atoms with E-state index in [-0.39, 0.29) is 29.4 Å². The molecule has 1 N–H and O–H groups in total. The van der Waals surface area contributed by atoms with Crippen LogP contribution in [0.5, 0.6) is 5.75 Å². The standard InChI is InChI=1S/C15H23ClN2O4S/c1-10(2)11(3)17-15(19)9-18(23(5,20)21)12-6-7-14(22-4)13(16)8-12/h6-8,10-11H,9H2,1-5H3,(H,17,19)/t11-/m0/s1. The van der Waals surface area contributed by atoms with Crippen LogP contribution in [0.4, 0.5) is 5.69 Å². The summed E-state index contributed by atoms with van der Waals surface area (Å²) in [6.45, 7) is 5.52. The van der Waals surface area contributed by atoms with Crippen molar-refractivity contribution in [2.24, 2.45) is 5.92 Å². The topological polar surface area (TPSA) is 75.7 Å². The number of benzene rings is 1. The van der Waals surface area contributed by atoms with Crippen molar-refractivity contribution in [3.8, 4) is 5.75 Å². The Bertz CT molecular complexity index is 661. The smallest absolute Gasteiger partial charge is 0.240 e. The van der Waals surface area contributed by atoms with Crippen molar-refractivity contribution >= 4 is 33.2 Å². The van der Waals surface area contributed by atoms with Gasteiger partial charge in [-0.25, -0.2) is 8.42 Å². The highest BCUT2D eigenvalue weighted by Gasteiger charge is 2.23. The van der Waals surface area contributed by atoms with Crippen molar-refractivity contribution in [1.29, 1.82) is 0 Å². The minimum absolute atomic E-state index is 0.0524. The van der Waals surface area contributed by atoms with Crippen molar-refractivity contribution < 1.29 is 17.9 Å². The molecule has 0 radical (unpaired) electrons. The lowest BCUT2D eigenvalue weighted by Gasteiger charge is -2.24. The lowest BCUT2D eigenvalue weighted by Crippen LogP contribution is -2.44. The molecule has 0 bridgehead atoms. The first-order valence-corrected chi connectivity index (χ1v) is 9.39. The molecule has 1 aromatic carbocycles. The van der Waals surface area contributed by atoms with E-state index in [1.54, 1.807) is 12.1 Å². The van der Waals surface area contributed by atoms with Crippen LogP contribution in [-0.4, -0.2) is 40.3 Å². The number of sulfonamides is 1. The number of methoxy groups -OCH3 is 1. The van der Waals surface area contributed by atoms with Gasteiger partial charge in [0.05, 0.1) is 24.1 Å². The van der Waals surface area contributed by atoms with Gasteiger partial charge in [-0.15, -0.1) is 0 Å². The van der Waals surface area contributed by atoms with Crippen LogP contribution in [0.1, 0.15) is 20.8 Å². The molecule has 1 atom stereocenters.